The molecule has 0 saturated carbocycles. The second-order valence-corrected chi connectivity index (χ2v) is 5.38. The zero-order valence-corrected chi connectivity index (χ0v) is 11.8. The lowest BCUT2D eigenvalue weighted by atomic mass is 10.1. The third-order valence-electron chi connectivity index (χ3n) is 2.37. The zero-order chi connectivity index (χ0) is 15.3. The van der Waals surface area contributed by atoms with E-state index in [1.165, 1.54) is 0 Å². The fraction of sp³-hybridized carbons (Fsp3) is 0.429. The molecule has 1 aromatic carbocycles. The van der Waals surface area contributed by atoms with E-state index in [4.69, 9.17) is 15.6 Å². The molecular weight excluding hydrogens is 260 g/mol. The van der Waals surface area contributed by atoms with E-state index >= 15 is 0 Å². The highest BCUT2D eigenvalue weighted by atomic mass is 16.6. The summed E-state index contributed by atoms with van der Waals surface area (Å²) >= 11 is 0. The minimum atomic E-state index is -1.10. The van der Waals surface area contributed by atoms with Crippen LogP contribution < -0.4 is 11.1 Å². The van der Waals surface area contributed by atoms with E-state index in [0.29, 0.717) is 11.3 Å². The van der Waals surface area contributed by atoms with Crippen LogP contribution in [0.5, 0.6) is 0 Å². The van der Waals surface area contributed by atoms with Crippen LogP contribution in [0.1, 0.15) is 32.4 Å². The monoisotopic (exact) mass is 280 g/mol. The molecule has 0 unspecified atom stereocenters. The number of hydrogen-bond acceptors (Lipinski definition) is 5. The van der Waals surface area contributed by atoms with Gasteiger partial charge in [0.25, 0.3) is 0 Å². The minimum Gasteiger partial charge on any atom is -0.480 e. The van der Waals surface area contributed by atoms with Gasteiger partial charge in [-0.2, -0.15) is 0 Å². The Hall–Kier alpha value is -2.08. The van der Waals surface area contributed by atoms with E-state index in [2.05, 4.69) is 5.32 Å². The van der Waals surface area contributed by atoms with Gasteiger partial charge in [0, 0.05) is 5.69 Å². The van der Waals surface area contributed by atoms with Crippen molar-refractivity contribution < 1.29 is 19.4 Å². The molecular formula is C14H20N2O4. The first kappa shape index (κ1) is 16.0. The van der Waals surface area contributed by atoms with Gasteiger partial charge >= 0.3 is 11.9 Å². The molecule has 110 valence electrons. The Labute approximate surface area is 117 Å². The average Bonchev–Trinajstić information content (AvgIpc) is 2.33. The molecule has 0 fully saturated rings. The number of nitrogens with one attached hydrogen (secondary N) is 1. The van der Waals surface area contributed by atoms with Gasteiger partial charge in [-0.15, -0.1) is 0 Å². The first-order chi connectivity index (χ1) is 9.19. The van der Waals surface area contributed by atoms with Gasteiger partial charge < -0.3 is 20.9 Å². The molecule has 4 N–H and O–H groups in total. The average molecular weight is 280 g/mol. The Bertz CT molecular complexity index is 494. The summed E-state index contributed by atoms with van der Waals surface area (Å²) in [5.74, 6) is -1.49. The van der Waals surface area contributed by atoms with Gasteiger partial charge in [0.1, 0.15) is 18.2 Å². The highest BCUT2D eigenvalue weighted by Gasteiger charge is 2.17. The van der Waals surface area contributed by atoms with Crippen LogP contribution in [-0.2, 0) is 14.3 Å². The molecule has 0 saturated heterocycles. The summed E-state index contributed by atoms with van der Waals surface area (Å²) in [5, 5.41) is 11.7. The molecule has 1 atom stereocenters. The molecule has 0 amide bonds. The second-order valence-electron chi connectivity index (χ2n) is 5.38. The van der Waals surface area contributed by atoms with Gasteiger partial charge in [0.15, 0.2) is 0 Å². The van der Waals surface area contributed by atoms with Gasteiger partial charge in [-0.25, -0.2) is 0 Å². The SMILES string of the molecule is CC(C)(C)OC(=O)CNc1cccc([C@@H](N)C(=O)O)c1. The van der Waals surface area contributed by atoms with Gasteiger partial charge in [-0.05, 0) is 38.5 Å². The number of carboxylic acids is 1. The molecule has 0 bridgehead atoms. The Kier molecular flexibility index (Phi) is 5.10. The van der Waals surface area contributed by atoms with Crippen LogP contribution in [0, 0.1) is 0 Å². The minimum absolute atomic E-state index is 0.00301. The van der Waals surface area contributed by atoms with Crippen molar-refractivity contribution in [3.8, 4) is 0 Å². The first-order valence-electron chi connectivity index (χ1n) is 6.23. The molecule has 0 aromatic heterocycles. The highest BCUT2D eigenvalue weighted by molar-refractivity contribution is 5.77. The Morgan fingerprint density at radius 1 is 1.40 bits per heavy atom. The van der Waals surface area contributed by atoms with Crippen molar-refractivity contribution in [3.05, 3.63) is 29.8 Å². The number of nitrogens with two attached hydrogens (primary N) is 1. The Balaban J connectivity index is 2.63. The van der Waals surface area contributed by atoms with Crippen LogP contribution in [0.15, 0.2) is 24.3 Å². The maximum atomic E-state index is 11.6. The zero-order valence-electron chi connectivity index (χ0n) is 11.8. The van der Waals surface area contributed by atoms with Gasteiger partial charge in [0.2, 0.25) is 0 Å². The van der Waals surface area contributed by atoms with Crippen LogP contribution in [0.3, 0.4) is 0 Å². The maximum absolute atomic E-state index is 11.6. The fourth-order valence-electron chi connectivity index (χ4n) is 1.54. The normalized spacial score (nSPS) is 12.6. The smallest absolute Gasteiger partial charge is 0.325 e. The number of hydrogen-bond donors (Lipinski definition) is 3. The number of aliphatic carboxylic acids is 1. The summed E-state index contributed by atoms with van der Waals surface area (Å²) in [4.78, 5) is 22.4. The molecule has 20 heavy (non-hydrogen) atoms. The third-order valence-corrected chi connectivity index (χ3v) is 2.37. The van der Waals surface area contributed by atoms with Crippen molar-refractivity contribution in [2.24, 2.45) is 5.73 Å². The van der Waals surface area contributed by atoms with Crippen LogP contribution in [0.2, 0.25) is 0 Å². The van der Waals surface area contributed by atoms with Crippen molar-refractivity contribution in [2.45, 2.75) is 32.4 Å². The number of rotatable bonds is 5. The van der Waals surface area contributed by atoms with E-state index in [9.17, 15) is 9.59 Å². The standard InChI is InChI=1S/C14H20N2O4/c1-14(2,3)20-11(17)8-16-10-6-4-5-9(7-10)12(15)13(18)19/h4-7,12,16H,8,15H2,1-3H3,(H,18,19)/t12-/m1/s1. The summed E-state index contributed by atoms with van der Waals surface area (Å²) in [6, 6.07) is 5.54. The highest BCUT2D eigenvalue weighted by Crippen LogP contribution is 2.16. The summed E-state index contributed by atoms with van der Waals surface area (Å²) < 4.78 is 5.16. The number of carbonyl (C=O) groups is 2. The number of benzene rings is 1. The van der Waals surface area contributed by atoms with Gasteiger partial charge in [-0.1, -0.05) is 12.1 Å². The lowest BCUT2D eigenvalue weighted by Gasteiger charge is -2.19. The summed E-state index contributed by atoms with van der Waals surface area (Å²) in [6.07, 6.45) is 0. The van der Waals surface area contributed by atoms with Crippen molar-refractivity contribution in [1.82, 2.24) is 0 Å². The van der Waals surface area contributed by atoms with Crippen LogP contribution in [-0.4, -0.2) is 29.2 Å². The molecule has 0 heterocycles. The molecule has 0 aliphatic rings. The third kappa shape index (κ3) is 5.27. The fourth-order valence-corrected chi connectivity index (χ4v) is 1.54. The number of anilines is 1. The van der Waals surface area contributed by atoms with Crippen molar-refractivity contribution >= 4 is 17.6 Å². The van der Waals surface area contributed by atoms with E-state index in [-0.39, 0.29) is 12.5 Å². The summed E-state index contributed by atoms with van der Waals surface area (Å²) in [6.45, 7) is 5.37. The Morgan fingerprint density at radius 3 is 2.60 bits per heavy atom. The second kappa shape index (κ2) is 6.38. The van der Waals surface area contributed by atoms with Crippen LogP contribution in [0.25, 0.3) is 0 Å². The van der Waals surface area contributed by atoms with E-state index in [0.717, 1.165) is 0 Å². The van der Waals surface area contributed by atoms with E-state index in [1.54, 1.807) is 45.0 Å². The molecule has 0 aliphatic heterocycles. The number of ether oxygens (including phenoxy) is 1. The largest absolute Gasteiger partial charge is 0.480 e. The molecule has 0 spiro atoms. The van der Waals surface area contributed by atoms with E-state index < -0.39 is 17.6 Å². The molecule has 1 rings (SSSR count). The van der Waals surface area contributed by atoms with Gasteiger partial charge in [-0.3, -0.25) is 9.59 Å². The van der Waals surface area contributed by atoms with E-state index in [1.807, 2.05) is 0 Å². The number of carbonyl (C=O) groups excluding carboxylic acids is 1. The predicted molar refractivity (Wildman–Crippen MR) is 75.3 cm³/mol. The molecule has 1 aromatic rings. The lowest BCUT2D eigenvalue weighted by Crippen LogP contribution is -2.28. The van der Waals surface area contributed by atoms with Crippen LogP contribution in [0.4, 0.5) is 5.69 Å². The van der Waals surface area contributed by atoms with Crippen LogP contribution >= 0.6 is 0 Å². The first-order valence-corrected chi connectivity index (χ1v) is 6.23. The van der Waals surface area contributed by atoms with Crippen molar-refractivity contribution in [2.75, 3.05) is 11.9 Å². The maximum Gasteiger partial charge on any atom is 0.325 e. The molecule has 6 nitrogen and oxygen atoms in total. The number of carboxylic acid groups (broad SMARTS) is 1. The molecule has 6 heteroatoms. The predicted octanol–water partition coefficient (Wildman–Crippen LogP) is 1.52. The quantitative estimate of drug-likeness (QED) is 0.707. The van der Waals surface area contributed by atoms with Gasteiger partial charge in [0.05, 0.1) is 0 Å². The van der Waals surface area contributed by atoms with Crippen molar-refractivity contribution in [3.63, 3.8) is 0 Å². The topological polar surface area (TPSA) is 102 Å². The molecule has 0 aliphatic carbocycles. The lowest BCUT2D eigenvalue weighted by molar-refractivity contribution is -0.152. The number of esters is 1. The summed E-state index contributed by atoms with van der Waals surface area (Å²) in [7, 11) is 0. The Morgan fingerprint density at radius 2 is 2.05 bits per heavy atom. The van der Waals surface area contributed by atoms with Crippen molar-refractivity contribution in [1.29, 1.82) is 0 Å². The molecule has 0 radical (unpaired) electrons. The summed E-state index contributed by atoms with van der Waals surface area (Å²) in [5.41, 5.74) is 6.07.